The third-order valence-electron chi connectivity index (χ3n) is 2.26. The lowest BCUT2D eigenvalue weighted by atomic mass is 10.2. The number of halogens is 1. The van der Waals surface area contributed by atoms with Gasteiger partial charge in [-0.3, -0.25) is 4.68 Å². The molecule has 1 aromatic heterocycles. The van der Waals surface area contributed by atoms with Crippen LogP contribution in [0.2, 0.25) is 5.02 Å². The van der Waals surface area contributed by atoms with Crippen molar-refractivity contribution in [3.63, 3.8) is 0 Å². The molecule has 2 N–H and O–H groups in total. The van der Waals surface area contributed by atoms with Gasteiger partial charge in [-0.25, -0.2) is 0 Å². The molecular weight excluding hydrogens is 226 g/mol. The van der Waals surface area contributed by atoms with Crippen LogP contribution in [0.4, 0.5) is 5.69 Å². The van der Waals surface area contributed by atoms with Gasteiger partial charge in [0.05, 0.1) is 16.9 Å². The average molecular weight is 238 g/mol. The van der Waals surface area contributed by atoms with E-state index in [1.54, 1.807) is 16.9 Å². The summed E-state index contributed by atoms with van der Waals surface area (Å²) in [4.78, 5) is 0. The number of aromatic hydroxyl groups is 1. The molecule has 1 aromatic carbocycles. The minimum absolute atomic E-state index is 0.126. The largest absolute Gasteiger partial charge is 0.506 e. The van der Waals surface area contributed by atoms with Crippen LogP contribution < -0.4 is 5.32 Å². The zero-order valence-corrected chi connectivity index (χ0v) is 9.57. The maximum Gasteiger partial charge on any atom is 0.139 e. The summed E-state index contributed by atoms with van der Waals surface area (Å²) in [5, 5.41) is 17.2. The Morgan fingerprint density at radius 2 is 2.31 bits per heavy atom. The molecule has 0 bridgehead atoms. The average Bonchev–Trinajstić information content (AvgIpc) is 2.67. The lowest BCUT2D eigenvalue weighted by Gasteiger charge is -2.06. The zero-order chi connectivity index (χ0) is 11.5. The van der Waals surface area contributed by atoms with Gasteiger partial charge in [0.25, 0.3) is 0 Å². The summed E-state index contributed by atoms with van der Waals surface area (Å²) in [6, 6.07) is 5.29. The van der Waals surface area contributed by atoms with Gasteiger partial charge in [-0.05, 0) is 6.07 Å². The third kappa shape index (κ3) is 2.28. The highest BCUT2D eigenvalue weighted by Gasteiger charge is 2.04. The molecule has 0 aliphatic heterocycles. The molecule has 0 fully saturated rings. The number of nitrogens with one attached hydrogen (secondary N) is 1. The molecule has 0 aliphatic carbocycles. The highest BCUT2D eigenvalue weighted by molar-refractivity contribution is 6.32. The summed E-state index contributed by atoms with van der Waals surface area (Å²) in [5.41, 5.74) is 1.67. The molecule has 0 amide bonds. The predicted octanol–water partition coefficient (Wildman–Crippen LogP) is 2.39. The molecule has 0 saturated heterocycles. The van der Waals surface area contributed by atoms with Gasteiger partial charge in [0.2, 0.25) is 0 Å². The summed E-state index contributed by atoms with van der Waals surface area (Å²) in [6.45, 7) is 0.512. The molecule has 0 atom stereocenters. The summed E-state index contributed by atoms with van der Waals surface area (Å²) in [6.07, 6.45) is 3.59. The zero-order valence-electron chi connectivity index (χ0n) is 8.81. The van der Waals surface area contributed by atoms with Crippen molar-refractivity contribution >= 4 is 17.3 Å². The van der Waals surface area contributed by atoms with Crippen LogP contribution in [-0.4, -0.2) is 14.9 Å². The number of para-hydroxylation sites is 1. The van der Waals surface area contributed by atoms with E-state index in [0.717, 1.165) is 11.3 Å². The fraction of sp³-hybridized carbons (Fsp3) is 0.182. The van der Waals surface area contributed by atoms with E-state index in [0.29, 0.717) is 11.6 Å². The first-order valence-corrected chi connectivity index (χ1v) is 5.23. The van der Waals surface area contributed by atoms with Crippen molar-refractivity contribution < 1.29 is 5.11 Å². The van der Waals surface area contributed by atoms with Crippen LogP contribution in [0.15, 0.2) is 30.6 Å². The second-order valence-corrected chi connectivity index (χ2v) is 3.91. The molecule has 4 nitrogen and oxygen atoms in total. The monoisotopic (exact) mass is 237 g/mol. The second-order valence-electron chi connectivity index (χ2n) is 3.50. The third-order valence-corrected chi connectivity index (χ3v) is 2.56. The smallest absolute Gasteiger partial charge is 0.139 e. The lowest BCUT2D eigenvalue weighted by molar-refractivity contribution is 0.469. The maximum atomic E-state index is 9.69. The molecule has 2 aromatic rings. The van der Waals surface area contributed by atoms with E-state index in [4.69, 9.17) is 11.6 Å². The van der Waals surface area contributed by atoms with Gasteiger partial charge >= 0.3 is 0 Å². The quantitative estimate of drug-likeness (QED) is 0.862. The Kier molecular flexibility index (Phi) is 3.01. The number of rotatable bonds is 3. The van der Waals surface area contributed by atoms with Gasteiger partial charge in [0.15, 0.2) is 0 Å². The Labute approximate surface area is 98.5 Å². The number of phenols is 1. The minimum Gasteiger partial charge on any atom is -0.506 e. The van der Waals surface area contributed by atoms with Crippen LogP contribution in [0.1, 0.15) is 5.56 Å². The van der Waals surface area contributed by atoms with Crippen LogP contribution in [0, 0.1) is 0 Å². The second kappa shape index (κ2) is 4.45. The number of hydrogen-bond acceptors (Lipinski definition) is 3. The number of aryl methyl sites for hydroxylation is 1. The molecule has 84 valence electrons. The number of hydrogen-bond donors (Lipinski definition) is 2. The molecular formula is C11H12ClN3O. The van der Waals surface area contributed by atoms with Crippen molar-refractivity contribution in [1.29, 1.82) is 0 Å². The van der Waals surface area contributed by atoms with Crippen molar-refractivity contribution in [1.82, 2.24) is 9.78 Å². The molecule has 0 saturated carbocycles. The van der Waals surface area contributed by atoms with Crippen molar-refractivity contribution in [2.75, 3.05) is 5.32 Å². The van der Waals surface area contributed by atoms with Crippen molar-refractivity contribution in [3.05, 3.63) is 41.2 Å². The fourth-order valence-electron chi connectivity index (χ4n) is 1.41. The standard InChI is InChI=1S/C11H12ClN3O/c1-15-7-9(6-14-15)13-5-8-3-2-4-10(12)11(8)16/h2-4,6-7,13,16H,5H2,1H3. The number of phenolic OH excluding ortho intramolecular Hbond substituents is 1. The van der Waals surface area contributed by atoms with Gasteiger partial charge < -0.3 is 10.4 Å². The first-order valence-electron chi connectivity index (χ1n) is 4.85. The van der Waals surface area contributed by atoms with Crippen LogP contribution in [0.3, 0.4) is 0 Å². The lowest BCUT2D eigenvalue weighted by Crippen LogP contribution is -1.98. The SMILES string of the molecule is Cn1cc(NCc2cccc(Cl)c2O)cn1. The summed E-state index contributed by atoms with van der Waals surface area (Å²) in [5.74, 6) is 0.126. The fourth-order valence-corrected chi connectivity index (χ4v) is 1.61. The highest BCUT2D eigenvalue weighted by Crippen LogP contribution is 2.27. The van der Waals surface area contributed by atoms with Crippen LogP contribution in [0.25, 0.3) is 0 Å². The van der Waals surface area contributed by atoms with E-state index in [1.807, 2.05) is 25.4 Å². The van der Waals surface area contributed by atoms with Crippen LogP contribution >= 0.6 is 11.6 Å². The van der Waals surface area contributed by atoms with Gasteiger partial charge in [-0.2, -0.15) is 5.10 Å². The highest BCUT2D eigenvalue weighted by atomic mass is 35.5. The number of anilines is 1. The summed E-state index contributed by atoms with van der Waals surface area (Å²) >= 11 is 5.81. The Balaban J connectivity index is 2.07. The Morgan fingerprint density at radius 1 is 1.50 bits per heavy atom. The Bertz CT molecular complexity index is 496. The topological polar surface area (TPSA) is 50.1 Å². The van der Waals surface area contributed by atoms with Gasteiger partial charge in [-0.15, -0.1) is 0 Å². The molecule has 2 rings (SSSR count). The molecule has 16 heavy (non-hydrogen) atoms. The van der Waals surface area contributed by atoms with Crippen LogP contribution in [0.5, 0.6) is 5.75 Å². The Morgan fingerprint density at radius 3 is 3.00 bits per heavy atom. The van der Waals surface area contributed by atoms with Crippen molar-refractivity contribution in [2.45, 2.75) is 6.54 Å². The minimum atomic E-state index is 0.126. The summed E-state index contributed by atoms with van der Waals surface area (Å²) in [7, 11) is 1.85. The van der Waals surface area contributed by atoms with E-state index >= 15 is 0 Å². The Hall–Kier alpha value is -1.68. The molecule has 5 heteroatoms. The number of nitrogens with zero attached hydrogens (tertiary/aromatic N) is 2. The number of aromatic nitrogens is 2. The predicted molar refractivity (Wildman–Crippen MR) is 63.7 cm³/mol. The van der Waals surface area contributed by atoms with Crippen molar-refractivity contribution in [2.24, 2.45) is 7.05 Å². The van der Waals surface area contributed by atoms with E-state index in [1.165, 1.54) is 0 Å². The van der Waals surface area contributed by atoms with Gasteiger partial charge in [0, 0.05) is 25.4 Å². The van der Waals surface area contributed by atoms with Gasteiger partial charge in [0.1, 0.15) is 5.75 Å². The van der Waals surface area contributed by atoms with E-state index in [-0.39, 0.29) is 5.75 Å². The molecule has 0 radical (unpaired) electrons. The number of benzene rings is 1. The first-order chi connectivity index (χ1) is 7.66. The molecule has 1 heterocycles. The van der Waals surface area contributed by atoms with Crippen LogP contribution in [-0.2, 0) is 13.6 Å². The normalized spacial score (nSPS) is 10.4. The van der Waals surface area contributed by atoms with Gasteiger partial charge in [-0.1, -0.05) is 23.7 Å². The van der Waals surface area contributed by atoms with E-state index in [2.05, 4.69) is 10.4 Å². The van der Waals surface area contributed by atoms with Crippen molar-refractivity contribution in [3.8, 4) is 5.75 Å². The van der Waals surface area contributed by atoms with E-state index < -0.39 is 0 Å². The molecule has 0 unspecified atom stereocenters. The molecule has 0 spiro atoms. The maximum absolute atomic E-state index is 9.69. The molecule has 0 aliphatic rings. The van der Waals surface area contributed by atoms with E-state index in [9.17, 15) is 5.11 Å². The summed E-state index contributed by atoms with van der Waals surface area (Å²) < 4.78 is 1.71. The first kappa shape index (κ1) is 10.8.